The van der Waals surface area contributed by atoms with Crippen LogP contribution < -0.4 is 5.32 Å². The Labute approximate surface area is 260 Å². The van der Waals surface area contributed by atoms with Crippen molar-refractivity contribution in [1.82, 2.24) is 5.32 Å². The molecule has 4 heteroatoms. The van der Waals surface area contributed by atoms with Crippen molar-refractivity contribution in [3.8, 4) is 0 Å². The van der Waals surface area contributed by atoms with Gasteiger partial charge in [0.25, 0.3) is 0 Å². The minimum atomic E-state index is -0.626. The van der Waals surface area contributed by atoms with Gasteiger partial charge in [-0.15, -0.1) is 0 Å². The van der Waals surface area contributed by atoms with Crippen LogP contribution in [0.4, 0.5) is 0 Å². The molecule has 0 spiro atoms. The molecule has 40 heavy (non-hydrogen) atoms. The third-order valence-corrected chi connectivity index (χ3v) is 9.17. The Balaban J connectivity index is 3.59. The van der Waals surface area contributed by atoms with Gasteiger partial charge in [-0.2, -0.15) is 0 Å². The topological polar surface area (TPSA) is 52.5 Å². The van der Waals surface area contributed by atoms with E-state index >= 15 is 0 Å². The number of alkyl halides is 1. The number of hydrogen-bond acceptors (Lipinski definition) is 3. The Kier molecular flexibility index (Phi) is 33.7. The van der Waals surface area contributed by atoms with E-state index in [4.69, 9.17) is 0 Å². The molecule has 3 atom stereocenters. The van der Waals surface area contributed by atoms with E-state index < -0.39 is 6.10 Å². The molecular formula is C36H72BrNO2. The van der Waals surface area contributed by atoms with Gasteiger partial charge in [0, 0.05) is 11.4 Å². The Morgan fingerprint density at radius 1 is 0.575 bits per heavy atom. The van der Waals surface area contributed by atoms with Crippen molar-refractivity contribution in [2.45, 2.75) is 204 Å². The summed E-state index contributed by atoms with van der Waals surface area (Å²) in [6, 6.07) is -0.287. The molecule has 240 valence electrons. The Hall–Kier alpha value is 0.100. The molecular weight excluding hydrogens is 558 g/mol. The smallest absolute Gasteiger partial charge is 0.0896 e. The number of nitrogens with one attached hydrogen (secondary N) is 1. The SMILES string of the molecule is CCCCCCCCCCCCCC=CC(O)C(CO)NCC(Br)CCCCCCCCCCCCCCCC. The summed E-state index contributed by atoms with van der Waals surface area (Å²) >= 11 is 3.80. The maximum absolute atomic E-state index is 10.5. The van der Waals surface area contributed by atoms with E-state index in [1.807, 2.05) is 6.08 Å². The van der Waals surface area contributed by atoms with Crippen LogP contribution in [0.3, 0.4) is 0 Å². The molecule has 0 heterocycles. The summed E-state index contributed by atoms with van der Waals surface area (Å²) < 4.78 is 0. The van der Waals surface area contributed by atoms with Crippen LogP contribution in [-0.2, 0) is 0 Å². The minimum Gasteiger partial charge on any atom is -0.395 e. The fourth-order valence-electron chi connectivity index (χ4n) is 5.53. The fourth-order valence-corrected chi connectivity index (χ4v) is 6.04. The second-order valence-corrected chi connectivity index (χ2v) is 13.7. The molecule has 0 aliphatic rings. The second-order valence-electron chi connectivity index (χ2n) is 12.4. The van der Waals surface area contributed by atoms with Crippen LogP contribution in [0.5, 0.6) is 0 Å². The molecule has 0 bridgehead atoms. The van der Waals surface area contributed by atoms with Crippen LogP contribution in [0.1, 0.15) is 187 Å². The monoisotopic (exact) mass is 629 g/mol. The van der Waals surface area contributed by atoms with Crippen molar-refractivity contribution in [2.75, 3.05) is 13.2 Å². The highest BCUT2D eigenvalue weighted by Crippen LogP contribution is 2.16. The molecule has 3 N–H and O–H groups in total. The summed E-state index contributed by atoms with van der Waals surface area (Å²) in [6.45, 7) is 5.31. The van der Waals surface area contributed by atoms with E-state index in [-0.39, 0.29) is 12.6 Å². The first kappa shape index (κ1) is 40.1. The lowest BCUT2D eigenvalue weighted by Gasteiger charge is -2.21. The first-order valence-corrected chi connectivity index (χ1v) is 18.9. The summed E-state index contributed by atoms with van der Waals surface area (Å²) in [5.74, 6) is 0. The van der Waals surface area contributed by atoms with Gasteiger partial charge in [0.2, 0.25) is 0 Å². The Bertz CT molecular complexity index is 501. The predicted molar refractivity (Wildman–Crippen MR) is 183 cm³/mol. The summed E-state index contributed by atoms with van der Waals surface area (Å²) in [4.78, 5) is 0.395. The van der Waals surface area contributed by atoms with Crippen molar-refractivity contribution >= 4 is 15.9 Å². The van der Waals surface area contributed by atoms with Crippen molar-refractivity contribution < 1.29 is 10.2 Å². The van der Waals surface area contributed by atoms with Crippen molar-refractivity contribution in [3.05, 3.63) is 12.2 Å². The van der Waals surface area contributed by atoms with E-state index in [9.17, 15) is 10.2 Å². The van der Waals surface area contributed by atoms with E-state index in [1.165, 1.54) is 161 Å². The largest absolute Gasteiger partial charge is 0.395 e. The van der Waals surface area contributed by atoms with Gasteiger partial charge in [-0.3, -0.25) is 0 Å². The third-order valence-electron chi connectivity index (χ3n) is 8.39. The molecule has 3 nitrogen and oxygen atoms in total. The molecule has 0 aromatic heterocycles. The Morgan fingerprint density at radius 3 is 1.35 bits per heavy atom. The first-order valence-electron chi connectivity index (χ1n) is 18.0. The molecule has 0 saturated heterocycles. The number of rotatable bonds is 33. The lowest BCUT2D eigenvalue weighted by molar-refractivity contribution is 0.123. The average Bonchev–Trinajstić information content (AvgIpc) is 2.96. The highest BCUT2D eigenvalue weighted by molar-refractivity contribution is 9.09. The summed E-state index contributed by atoms with van der Waals surface area (Å²) in [5, 5.41) is 23.6. The molecule has 0 aliphatic carbocycles. The van der Waals surface area contributed by atoms with Crippen LogP contribution >= 0.6 is 15.9 Å². The molecule has 0 radical (unpaired) electrons. The third kappa shape index (κ3) is 29.6. The molecule has 0 saturated carbocycles. The number of aliphatic hydroxyl groups is 2. The van der Waals surface area contributed by atoms with Gasteiger partial charge in [-0.25, -0.2) is 0 Å². The van der Waals surface area contributed by atoms with Gasteiger partial charge in [-0.1, -0.05) is 196 Å². The van der Waals surface area contributed by atoms with Crippen LogP contribution in [0.2, 0.25) is 0 Å². The maximum atomic E-state index is 10.5. The van der Waals surface area contributed by atoms with E-state index in [0.29, 0.717) is 4.83 Å². The zero-order valence-electron chi connectivity index (χ0n) is 27.2. The molecule has 3 unspecified atom stereocenters. The van der Waals surface area contributed by atoms with Crippen molar-refractivity contribution in [2.24, 2.45) is 0 Å². The zero-order chi connectivity index (χ0) is 29.4. The molecule has 0 aliphatic heterocycles. The molecule has 0 rings (SSSR count). The molecule has 0 amide bonds. The first-order chi connectivity index (χ1) is 19.7. The fraction of sp³-hybridized carbons (Fsp3) is 0.944. The quantitative estimate of drug-likeness (QED) is 0.0384. The number of allylic oxidation sites excluding steroid dienone is 1. The lowest BCUT2D eigenvalue weighted by Crippen LogP contribution is -2.44. The summed E-state index contributed by atoms with van der Waals surface area (Å²) in [7, 11) is 0. The number of unbranched alkanes of at least 4 members (excludes halogenated alkanes) is 24. The highest BCUT2D eigenvalue weighted by atomic mass is 79.9. The van der Waals surface area contributed by atoms with Gasteiger partial charge in [0.15, 0.2) is 0 Å². The van der Waals surface area contributed by atoms with Gasteiger partial charge >= 0.3 is 0 Å². The number of aliphatic hydroxyl groups excluding tert-OH is 2. The second kappa shape index (κ2) is 33.6. The van der Waals surface area contributed by atoms with E-state index in [2.05, 4.69) is 41.2 Å². The van der Waals surface area contributed by atoms with Crippen molar-refractivity contribution in [3.63, 3.8) is 0 Å². The summed E-state index contributed by atoms with van der Waals surface area (Å²) in [6.07, 6.45) is 39.9. The molecule has 0 fully saturated rings. The predicted octanol–water partition coefficient (Wildman–Crippen LogP) is 11.2. The van der Waals surface area contributed by atoms with Crippen LogP contribution in [0, 0.1) is 0 Å². The zero-order valence-corrected chi connectivity index (χ0v) is 28.8. The lowest BCUT2D eigenvalue weighted by atomic mass is 10.0. The van der Waals surface area contributed by atoms with E-state index in [1.54, 1.807) is 0 Å². The van der Waals surface area contributed by atoms with Gasteiger partial charge in [0.1, 0.15) is 0 Å². The van der Waals surface area contributed by atoms with Gasteiger partial charge < -0.3 is 15.5 Å². The van der Waals surface area contributed by atoms with Crippen LogP contribution in [0.25, 0.3) is 0 Å². The van der Waals surface area contributed by atoms with Gasteiger partial charge in [-0.05, 0) is 19.3 Å². The number of hydrogen-bond donors (Lipinski definition) is 3. The minimum absolute atomic E-state index is 0.0392. The maximum Gasteiger partial charge on any atom is 0.0896 e. The molecule has 0 aromatic carbocycles. The number of halogens is 1. The summed E-state index contributed by atoms with van der Waals surface area (Å²) in [5.41, 5.74) is 0. The average molecular weight is 631 g/mol. The highest BCUT2D eigenvalue weighted by Gasteiger charge is 2.16. The van der Waals surface area contributed by atoms with Gasteiger partial charge in [0.05, 0.1) is 18.8 Å². The standard InChI is InChI=1S/C36H72BrNO2/c1-3-5-7-9-11-13-15-17-19-20-22-24-26-28-30-34(37)32-38-35(33-39)36(40)31-29-27-25-23-21-18-16-14-12-10-8-6-4-2/h29,31,34-36,38-40H,3-28,30,32-33H2,1-2H3. The normalized spacial score (nSPS) is 14.2. The molecule has 0 aromatic rings. The van der Waals surface area contributed by atoms with Crippen LogP contribution in [-0.4, -0.2) is 40.3 Å². The Morgan fingerprint density at radius 2 is 0.950 bits per heavy atom. The van der Waals surface area contributed by atoms with Crippen molar-refractivity contribution in [1.29, 1.82) is 0 Å². The van der Waals surface area contributed by atoms with Crippen LogP contribution in [0.15, 0.2) is 12.2 Å². The van der Waals surface area contributed by atoms with E-state index in [0.717, 1.165) is 19.4 Å².